The number of phenols is 1. The van der Waals surface area contributed by atoms with E-state index in [1.54, 1.807) is 86.6 Å². The van der Waals surface area contributed by atoms with Crippen molar-refractivity contribution in [3.8, 4) is 17.1 Å². The van der Waals surface area contributed by atoms with Crippen LogP contribution >= 0.6 is 0 Å². The number of hydrogen-bond acceptors (Lipinski definition) is 5. The maximum Gasteiger partial charge on any atom is 0.352 e. The van der Waals surface area contributed by atoms with Gasteiger partial charge in [0.15, 0.2) is 0 Å². The highest BCUT2D eigenvalue weighted by molar-refractivity contribution is 5.46. The average molecular weight is 551 g/mol. The molecule has 3 aromatic carbocycles. The second-order valence-corrected chi connectivity index (χ2v) is 10.5. The molecule has 2 aliphatic heterocycles. The van der Waals surface area contributed by atoms with Gasteiger partial charge in [0, 0.05) is 0 Å². The van der Waals surface area contributed by atoms with Crippen molar-refractivity contribution in [3.63, 3.8) is 0 Å². The Morgan fingerprint density at radius 1 is 0.683 bits per heavy atom. The van der Waals surface area contributed by atoms with Crippen LogP contribution in [0.15, 0.2) is 104 Å². The van der Waals surface area contributed by atoms with E-state index in [0.29, 0.717) is 33.6 Å². The van der Waals surface area contributed by atoms with Gasteiger partial charge in [0.25, 0.3) is 0 Å². The summed E-state index contributed by atoms with van der Waals surface area (Å²) in [5.41, 5.74) is 1.42. The van der Waals surface area contributed by atoms with Crippen molar-refractivity contribution < 1.29 is 5.11 Å². The van der Waals surface area contributed by atoms with Crippen molar-refractivity contribution in [1.82, 2.24) is 27.9 Å². The minimum absolute atomic E-state index is 0.0234. The smallest absolute Gasteiger partial charge is 0.352 e. The van der Waals surface area contributed by atoms with Gasteiger partial charge in [0.1, 0.15) is 11.8 Å². The number of nitrogens with zero attached hydrogens (tertiary/aromatic N) is 6. The lowest BCUT2D eigenvalue weighted by Crippen LogP contribution is -2.47. The fraction of sp³-hybridized carbons (Fsp3) is 0.200. The van der Waals surface area contributed by atoms with E-state index in [1.165, 1.54) is 18.7 Å². The monoisotopic (exact) mass is 550 g/mol. The zero-order valence-electron chi connectivity index (χ0n) is 22.3. The lowest BCUT2D eigenvalue weighted by atomic mass is 9.88. The molecule has 0 saturated heterocycles. The standard InChI is InChI=1S/C30H26N6O5/c1-18-15-20(16-19(2)26(18)37)25-23-13-14-31-27(38)33(21-9-5-3-6-10-21)29(40)35(31)24(23)17-32-28(39)34(30(41)36(25)32)22-11-7-4-8-12-22/h3-13,15-16,24-25,37H,14,17H2,1-2H3/t24-,25+/m1/s1. The minimum atomic E-state index is -0.757. The van der Waals surface area contributed by atoms with Crippen molar-refractivity contribution in [2.45, 2.75) is 39.0 Å². The topological polar surface area (TPSA) is 118 Å². The molecular formula is C30H26N6O5. The van der Waals surface area contributed by atoms with Gasteiger partial charge < -0.3 is 5.11 Å². The molecule has 0 spiro atoms. The van der Waals surface area contributed by atoms with Gasteiger partial charge in [-0.3, -0.25) is 0 Å². The SMILES string of the molecule is Cc1cc([C@H]2C3=CCn4c(=O)n(-c5ccccc5)c(=O)n4[C@@H]3Cn3c(=O)n(-c4ccccc4)c(=O)n32)cc(C)c1O. The van der Waals surface area contributed by atoms with Crippen LogP contribution in [0.5, 0.6) is 5.75 Å². The summed E-state index contributed by atoms with van der Waals surface area (Å²) in [5, 5.41) is 10.5. The maximum atomic E-state index is 14.0. The molecule has 2 atom stereocenters. The Hall–Kier alpha value is -5.32. The van der Waals surface area contributed by atoms with Crippen LogP contribution in [0, 0.1) is 13.8 Å². The van der Waals surface area contributed by atoms with Crippen molar-refractivity contribution in [2.75, 3.05) is 0 Å². The first-order chi connectivity index (χ1) is 19.8. The molecule has 0 fully saturated rings. The molecule has 7 rings (SSSR count). The summed E-state index contributed by atoms with van der Waals surface area (Å²) in [4.78, 5) is 55.2. The van der Waals surface area contributed by atoms with Crippen LogP contribution in [0.25, 0.3) is 11.4 Å². The number of benzene rings is 3. The molecule has 0 unspecified atom stereocenters. The number of aromatic hydroxyl groups is 1. The summed E-state index contributed by atoms with van der Waals surface area (Å²) in [6, 6.07) is 19.5. The summed E-state index contributed by atoms with van der Waals surface area (Å²) in [6.07, 6.45) is 1.86. The zero-order chi connectivity index (χ0) is 28.6. The summed E-state index contributed by atoms with van der Waals surface area (Å²) in [6.45, 7) is 3.64. The average Bonchev–Trinajstić information content (AvgIpc) is 3.39. The predicted octanol–water partition coefficient (Wildman–Crippen LogP) is 2.02. The number of phenolic OH excluding ortho intramolecular Hbond substituents is 1. The highest BCUT2D eigenvalue weighted by Gasteiger charge is 2.41. The number of allylic oxidation sites excluding steroid dienone is 2. The van der Waals surface area contributed by atoms with Gasteiger partial charge >= 0.3 is 22.8 Å². The molecule has 2 aliphatic rings. The highest BCUT2D eigenvalue weighted by Crippen LogP contribution is 2.40. The number of rotatable bonds is 3. The van der Waals surface area contributed by atoms with Gasteiger partial charge in [-0.15, -0.1) is 0 Å². The highest BCUT2D eigenvalue weighted by atomic mass is 16.3. The Bertz CT molecular complexity index is 2100. The Balaban J connectivity index is 1.51. The van der Waals surface area contributed by atoms with Crippen molar-refractivity contribution in [1.29, 1.82) is 0 Å². The van der Waals surface area contributed by atoms with E-state index in [4.69, 9.17) is 0 Å². The number of fused-ring (bicyclic) bond motifs is 4. The summed E-state index contributed by atoms with van der Waals surface area (Å²) >= 11 is 0. The van der Waals surface area contributed by atoms with Crippen LogP contribution in [0.4, 0.5) is 0 Å². The fourth-order valence-corrected chi connectivity index (χ4v) is 6.20. The van der Waals surface area contributed by atoms with Gasteiger partial charge in [0.2, 0.25) is 0 Å². The second kappa shape index (κ2) is 8.85. The molecule has 0 amide bonds. The van der Waals surface area contributed by atoms with E-state index >= 15 is 0 Å². The molecule has 0 saturated carbocycles. The molecule has 4 heterocycles. The third-order valence-electron chi connectivity index (χ3n) is 8.06. The Morgan fingerprint density at radius 3 is 1.76 bits per heavy atom. The third-order valence-corrected chi connectivity index (χ3v) is 8.06. The maximum absolute atomic E-state index is 14.0. The van der Waals surface area contributed by atoms with Gasteiger partial charge in [-0.1, -0.05) is 42.5 Å². The molecule has 1 N–H and O–H groups in total. The second-order valence-electron chi connectivity index (χ2n) is 10.5. The molecule has 206 valence electrons. The van der Waals surface area contributed by atoms with Crippen LogP contribution < -0.4 is 22.8 Å². The van der Waals surface area contributed by atoms with Gasteiger partial charge in [0.05, 0.1) is 30.5 Å². The van der Waals surface area contributed by atoms with Crippen LogP contribution in [-0.4, -0.2) is 33.0 Å². The van der Waals surface area contributed by atoms with E-state index in [0.717, 1.165) is 9.13 Å². The molecule has 0 radical (unpaired) electrons. The predicted molar refractivity (Wildman–Crippen MR) is 151 cm³/mol. The Kier molecular flexibility index (Phi) is 5.33. The number of hydrogen-bond donors (Lipinski definition) is 1. The van der Waals surface area contributed by atoms with Gasteiger partial charge in [-0.25, -0.2) is 47.0 Å². The van der Waals surface area contributed by atoms with Crippen molar-refractivity contribution >= 4 is 0 Å². The number of para-hydroxylation sites is 2. The first-order valence-corrected chi connectivity index (χ1v) is 13.3. The first kappa shape index (κ1) is 24.7. The first-order valence-electron chi connectivity index (χ1n) is 13.3. The summed E-state index contributed by atoms with van der Waals surface area (Å²) < 4.78 is 7.80. The van der Waals surface area contributed by atoms with Crippen LogP contribution in [-0.2, 0) is 13.1 Å². The number of aromatic nitrogens is 6. The Labute approximate surface area is 232 Å². The van der Waals surface area contributed by atoms with Gasteiger partial charge in [-0.05, 0) is 72.5 Å². The molecule has 11 nitrogen and oxygen atoms in total. The molecule has 2 aromatic heterocycles. The Morgan fingerprint density at radius 2 is 1.20 bits per heavy atom. The quantitative estimate of drug-likeness (QED) is 0.345. The van der Waals surface area contributed by atoms with E-state index in [2.05, 4.69) is 0 Å². The van der Waals surface area contributed by atoms with E-state index in [9.17, 15) is 24.3 Å². The summed E-state index contributed by atoms with van der Waals surface area (Å²) in [7, 11) is 0. The largest absolute Gasteiger partial charge is 0.507 e. The van der Waals surface area contributed by atoms with E-state index in [1.807, 2.05) is 6.08 Å². The van der Waals surface area contributed by atoms with Crippen LogP contribution in [0.3, 0.4) is 0 Å². The molecule has 0 bridgehead atoms. The molecule has 11 heteroatoms. The normalized spacial score (nSPS) is 17.5. The lowest BCUT2D eigenvalue weighted by Gasteiger charge is -2.37. The van der Waals surface area contributed by atoms with Crippen molar-refractivity contribution in [3.05, 3.63) is 143 Å². The lowest BCUT2D eigenvalue weighted by molar-refractivity contribution is 0.246. The fourth-order valence-electron chi connectivity index (χ4n) is 6.20. The minimum Gasteiger partial charge on any atom is -0.507 e. The zero-order valence-corrected chi connectivity index (χ0v) is 22.3. The van der Waals surface area contributed by atoms with Crippen LogP contribution in [0.2, 0.25) is 0 Å². The number of aryl methyl sites for hydroxylation is 2. The molecular weight excluding hydrogens is 524 g/mol. The summed E-state index contributed by atoms with van der Waals surface area (Å²) in [5.74, 6) is 0.148. The van der Waals surface area contributed by atoms with Crippen LogP contribution in [0.1, 0.15) is 28.8 Å². The molecule has 5 aromatic rings. The van der Waals surface area contributed by atoms with E-state index in [-0.39, 0.29) is 18.8 Å². The van der Waals surface area contributed by atoms with Gasteiger partial charge in [-0.2, -0.15) is 0 Å². The third kappa shape index (κ3) is 3.45. The van der Waals surface area contributed by atoms with Crippen molar-refractivity contribution in [2.24, 2.45) is 0 Å². The van der Waals surface area contributed by atoms with E-state index < -0.39 is 34.8 Å². The molecule has 0 aliphatic carbocycles. The molecule has 41 heavy (non-hydrogen) atoms.